The first-order valence-corrected chi connectivity index (χ1v) is 7.16. The minimum absolute atomic E-state index is 0.0438. The summed E-state index contributed by atoms with van der Waals surface area (Å²) in [7, 11) is -3.62. The molecule has 0 radical (unpaired) electrons. The monoisotopic (exact) mass is 337 g/mol. The molecule has 1 heterocycles. The summed E-state index contributed by atoms with van der Waals surface area (Å²) in [5, 5.41) is 0. The number of aromatic nitrogens is 1. The van der Waals surface area contributed by atoms with E-state index < -0.39 is 15.9 Å². The van der Waals surface area contributed by atoms with E-state index in [1.807, 2.05) is 0 Å². The van der Waals surface area contributed by atoms with Gasteiger partial charge in [0.15, 0.2) is 0 Å². The standard InChI is InChI=1S/C9H12BrN3O4S/c10-7-3-8(5-12-4-7)18(15,16)13-1-2-17-6-9(11)14/h3-5,13H,1-2,6H2,(H2,11,14). The first-order chi connectivity index (χ1) is 8.42. The molecule has 0 bridgehead atoms. The van der Waals surface area contributed by atoms with E-state index in [0.717, 1.165) is 0 Å². The Bertz CT molecular complexity index is 520. The van der Waals surface area contributed by atoms with Crippen molar-refractivity contribution in [2.24, 2.45) is 5.73 Å². The molecule has 0 spiro atoms. The Hall–Kier alpha value is -1.03. The third-order valence-corrected chi connectivity index (χ3v) is 3.63. The number of primary amides is 1. The van der Waals surface area contributed by atoms with Gasteiger partial charge in [0.25, 0.3) is 0 Å². The molecule has 0 aliphatic heterocycles. The lowest BCUT2D eigenvalue weighted by atomic mass is 10.5. The van der Waals surface area contributed by atoms with Crippen LogP contribution < -0.4 is 10.5 Å². The maximum absolute atomic E-state index is 11.8. The maximum atomic E-state index is 11.8. The molecular weight excluding hydrogens is 326 g/mol. The van der Waals surface area contributed by atoms with E-state index in [2.05, 4.69) is 25.6 Å². The van der Waals surface area contributed by atoms with Gasteiger partial charge in [-0.1, -0.05) is 0 Å². The number of hydrogen-bond donors (Lipinski definition) is 2. The van der Waals surface area contributed by atoms with Gasteiger partial charge in [-0.15, -0.1) is 0 Å². The zero-order valence-corrected chi connectivity index (χ0v) is 11.7. The second-order valence-corrected chi connectivity index (χ2v) is 5.94. The smallest absolute Gasteiger partial charge is 0.243 e. The lowest BCUT2D eigenvalue weighted by Gasteiger charge is -2.06. The Labute approximate surface area is 113 Å². The van der Waals surface area contributed by atoms with E-state index in [0.29, 0.717) is 4.47 Å². The fraction of sp³-hybridized carbons (Fsp3) is 0.333. The van der Waals surface area contributed by atoms with Crippen molar-refractivity contribution in [3.63, 3.8) is 0 Å². The molecule has 0 aliphatic rings. The van der Waals surface area contributed by atoms with E-state index in [1.54, 1.807) is 0 Å². The van der Waals surface area contributed by atoms with Gasteiger partial charge >= 0.3 is 0 Å². The lowest BCUT2D eigenvalue weighted by Crippen LogP contribution is -2.29. The van der Waals surface area contributed by atoms with Crippen LogP contribution in [0.25, 0.3) is 0 Å². The molecule has 1 aromatic heterocycles. The number of hydrogen-bond acceptors (Lipinski definition) is 5. The topological polar surface area (TPSA) is 111 Å². The van der Waals surface area contributed by atoms with E-state index in [1.165, 1.54) is 18.5 Å². The lowest BCUT2D eigenvalue weighted by molar-refractivity contribution is -0.122. The minimum Gasteiger partial charge on any atom is -0.370 e. The van der Waals surface area contributed by atoms with E-state index >= 15 is 0 Å². The number of rotatable bonds is 7. The number of pyridine rings is 1. The van der Waals surface area contributed by atoms with Crippen LogP contribution >= 0.6 is 15.9 Å². The molecule has 0 unspecified atom stereocenters. The Morgan fingerprint density at radius 1 is 1.50 bits per heavy atom. The van der Waals surface area contributed by atoms with Crippen molar-refractivity contribution in [2.45, 2.75) is 4.90 Å². The van der Waals surface area contributed by atoms with Crippen molar-refractivity contribution in [1.82, 2.24) is 9.71 Å². The van der Waals surface area contributed by atoms with E-state index in [9.17, 15) is 13.2 Å². The molecule has 0 aliphatic carbocycles. The minimum atomic E-state index is -3.62. The van der Waals surface area contributed by atoms with Crippen molar-refractivity contribution in [2.75, 3.05) is 19.8 Å². The second-order valence-electron chi connectivity index (χ2n) is 3.26. The van der Waals surface area contributed by atoms with Gasteiger partial charge in [-0.25, -0.2) is 13.1 Å². The average molecular weight is 338 g/mol. The molecule has 0 fully saturated rings. The summed E-state index contributed by atoms with van der Waals surface area (Å²) in [6, 6.07) is 1.43. The van der Waals surface area contributed by atoms with Crippen LogP contribution in [0.5, 0.6) is 0 Å². The van der Waals surface area contributed by atoms with Crippen LogP contribution in [-0.4, -0.2) is 39.1 Å². The fourth-order valence-electron chi connectivity index (χ4n) is 1.04. The molecule has 0 saturated carbocycles. The van der Waals surface area contributed by atoms with E-state index in [-0.39, 0.29) is 24.7 Å². The number of carbonyl (C=O) groups excluding carboxylic acids is 1. The number of sulfonamides is 1. The number of nitrogens with one attached hydrogen (secondary N) is 1. The summed E-state index contributed by atoms with van der Waals surface area (Å²) in [4.78, 5) is 14.2. The molecule has 9 heteroatoms. The quantitative estimate of drug-likeness (QED) is 0.659. The highest BCUT2D eigenvalue weighted by Gasteiger charge is 2.13. The number of ether oxygens (including phenoxy) is 1. The molecule has 1 rings (SSSR count). The second kappa shape index (κ2) is 6.78. The first kappa shape index (κ1) is 15.0. The van der Waals surface area contributed by atoms with Crippen LogP contribution in [0.1, 0.15) is 0 Å². The number of carbonyl (C=O) groups is 1. The summed E-state index contributed by atoms with van der Waals surface area (Å²) in [5.41, 5.74) is 4.85. The highest BCUT2D eigenvalue weighted by atomic mass is 79.9. The molecule has 100 valence electrons. The fourth-order valence-corrected chi connectivity index (χ4v) is 2.56. The van der Waals surface area contributed by atoms with Gasteiger partial charge in [-0.3, -0.25) is 9.78 Å². The molecule has 3 N–H and O–H groups in total. The van der Waals surface area contributed by atoms with Gasteiger partial charge in [0.05, 0.1) is 6.61 Å². The summed E-state index contributed by atoms with van der Waals surface area (Å²) >= 11 is 3.13. The molecular formula is C9H12BrN3O4S. The van der Waals surface area contributed by atoms with Crippen molar-refractivity contribution in [3.05, 3.63) is 22.9 Å². The van der Waals surface area contributed by atoms with Crippen LogP contribution in [0.2, 0.25) is 0 Å². The van der Waals surface area contributed by atoms with Gasteiger partial charge < -0.3 is 10.5 Å². The maximum Gasteiger partial charge on any atom is 0.243 e. The van der Waals surface area contributed by atoms with Crippen molar-refractivity contribution < 1.29 is 17.9 Å². The average Bonchev–Trinajstić information content (AvgIpc) is 2.28. The van der Waals surface area contributed by atoms with Crippen LogP contribution in [0, 0.1) is 0 Å². The summed E-state index contributed by atoms with van der Waals surface area (Å²) < 4.78 is 31.2. The summed E-state index contributed by atoms with van der Waals surface area (Å²) in [6.45, 7) is -0.133. The van der Waals surface area contributed by atoms with E-state index in [4.69, 9.17) is 10.5 Å². The Morgan fingerprint density at radius 2 is 2.22 bits per heavy atom. The van der Waals surface area contributed by atoms with Gasteiger partial charge in [-0.05, 0) is 22.0 Å². The van der Waals surface area contributed by atoms with Crippen LogP contribution in [0.3, 0.4) is 0 Å². The van der Waals surface area contributed by atoms with Crippen LogP contribution in [0.4, 0.5) is 0 Å². The Kier molecular flexibility index (Phi) is 5.66. The van der Waals surface area contributed by atoms with Crippen molar-refractivity contribution >= 4 is 31.9 Å². The Balaban J connectivity index is 2.48. The molecule has 7 nitrogen and oxygen atoms in total. The third kappa shape index (κ3) is 5.08. The SMILES string of the molecule is NC(=O)COCCNS(=O)(=O)c1cncc(Br)c1. The van der Waals surface area contributed by atoms with Crippen molar-refractivity contribution in [3.8, 4) is 0 Å². The largest absolute Gasteiger partial charge is 0.370 e. The molecule has 0 atom stereocenters. The highest BCUT2D eigenvalue weighted by Crippen LogP contribution is 2.13. The van der Waals surface area contributed by atoms with Crippen LogP contribution in [-0.2, 0) is 19.6 Å². The van der Waals surface area contributed by atoms with Gasteiger partial charge in [-0.2, -0.15) is 0 Å². The molecule has 0 aromatic carbocycles. The first-order valence-electron chi connectivity index (χ1n) is 4.88. The normalized spacial score (nSPS) is 11.4. The number of halogens is 1. The number of nitrogens with zero attached hydrogens (tertiary/aromatic N) is 1. The summed E-state index contributed by atoms with van der Waals surface area (Å²) in [6.07, 6.45) is 2.71. The predicted octanol–water partition coefficient (Wildman–Crippen LogP) is -0.376. The zero-order valence-electron chi connectivity index (χ0n) is 9.30. The molecule has 18 heavy (non-hydrogen) atoms. The summed E-state index contributed by atoms with van der Waals surface area (Å²) in [5.74, 6) is -0.603. The number of nitrogens with two attached hydrogens (primary N) is 1. The van der Waals surface area contributed by atoms with Crippen molar-refractivity contribution in [1.29, 1.82) is 0 Å². The third-order valence-electron chi connectivity index (χ3n) is 1.77. The van der Waals surface area contributed by atoms with Gasteiger partial charge in [0.2, 0.25) is 15.9 Å². The van der Waals surface area contributed by atoms with Gasteiger partial charge in [0, 0.05) is 23.4 Å². The molecule has 1 amide bonds. The predicted molar refractivity (Wildman–Crippen MR) is 67.1 cm³/mol. The highest BCUT2D eigenvalue weighted by molar-refractivity contribution is 9.10. The van der Waals surface area contributed by atoms with Crippen LogP contribution in [0.15, 0.2) is 27.8 Å². The Morgan fingerprint density at radius 3 is 2.83 bits per heavy atom. The molecule has 1 aromatic rings. The number of amides is 1. The zero-order chi connectivity index (χ0) is 13.6. The van der Waals surface area contributed by atoms with Gasteiger partial charge in [0.1, 0.15) is 11.5 Å². The molecule has 0 saturated heterocycles.